The van der Waals surface area contributed by atoms with Crippen LogP contribution in [0.4, 0.5) is 0 Å². The summed E-state index contributed by atoms with van der Waals surface area (Å²) in [7, 11) is 1.88. The van der Waals surface area contributed by atoms with Gasteiger partial charge in [0.15, 0.2) is 0 Å². The van der Waals surface area contributed by atoms with E-state index in [4.69, 9.17) is 0 Å². The van der Waals surface area contributed by atoms with E-state index in [0.717, 1.165) is 6.42 Å². The molecule has 12 heavy (non-hydrogen) atoms. The summed E-state index contributed by atoms with van der Waals surface area (Å²) in [6.07, 6.45) is 11.7. The summed E-state index contributed by atoms with van der Waals surface area (Å²) in [5.74, 6) is 0. The highest BCUT2D eigenvalue weighted by Gasteiger charge is 2.03. The predicted molar refractivity (Wildman–Crippen MR) is 52.6 cm³/mol. The molecule has 66 valence electrons. The van der Waals surface area contributed by atoms with Crippen LogP contribution in [-0.2, 0) is 0 Å². The monoisotopic (exact) mass is 164 g/mol. The van der Waals surface area contributed by atoms with Gasteiger partial charge in [-0.25, -0.2) is 0 Å². The molecule has 0 bridgehead atoms. The Kier molecular flexibility index (Phi) is 3.77. The van der Waals surface area contributed by atoms with Crippen molar-refractivity contribution >= 4 is 0 Å². The third-order valence-corrected chi connectivity index (χ3v) is 1.89. The Morgan fingerprint density at radius 3 is 3.00 bits per heavy atom. The molecule has 1 aliphatic rings. The molecule has 1 rings (SSSR count). The minimum atomic E-state index is 0.367. The standard InChI is InChI=1S/C10H16N2/c1-9(12-11-2)10-7-5-3-4-6-8-10/h3-5,7-9,11-12H,6H2,1-2H3. The van der Waals surface area contributed by atoms with Crippen LogP contribution in [0.15, 0.2) is 36.0 Å². The number of hydrazine groups is 1. The summed E-state index contributed by atoms with van der Waals surface area (Å²) >= 11 is 0. The smallest absolute Gasteiger partial charge is 0.0431 e. The molecule has 0 fully saturated rings. The summed E-state index contributed by atoms with van der Waals surface area (Å²) in [6.45, 7) is 2.14. The van der Waals surface area contributed by atoms with Gasteiger partial charge in [-0.3, -0.25) is 10.9 Å². The van der Waals surface area contributed by atoms with Gasteiger partial charge in [0.25, 0.3) is 0 Å². The van der Waals surface area contributed by atoms with Gasteiger partial charge in [-0.2, -0.15) is 0 Å². The Hall–Kier alpha value is -0.860. The molecule has 0 saturated heterocycles. The first-order valence-electron chi connectivity index (χ1n) is 4.30. The van der Waals surface area contributed by atoms with Gasteiger partial charge in [-0.05, 0) is 26.0 Å². The maximum absolute atomic E-state index is 3.15. The van der Waals surface area contributed by atoms with E-state index in [0.29, 0.717) is 6.04 Å². The quantitative estimate of drug-likeness (QED) is 0.618. The predicted octanol–water partition coefficient (Wildman–Crippen LogP) is 1.54. The zero-order valence-electron chi connectivity index (χ0n) is 7.67. The van der Waals surface area contributed by atoms with Gasteiger partial charge < -0.3 is 0 Å². The van der Waals surface area contributed by atoms with Crippen molar-refractivity contribution < 1.29 is 0 Å². The van der Waals surface area contributed by atoms with Crippen molar-refractivity contribution in [3.8, 4) is 0 Å². The first kappa shape index (κ1) is 9.23. The van der Waals surface area contributed by atoms with Gasteiger partial charge in [0.1, 0.15) is 0 Å². The molecule has 0 aromatic rings. The Balaban J connectivity index is 2.55. The van der Waals surface area contributed by atoms with Gasteiger partial charge in [-0.15, -0.1) is 0 Å². The fourth-order valence-corrected chi connectivity index (χ4v) is 1.22. The molecule has 0 amide bonds. The number of allylic oxidation sites excluding steroid dienone is 4. The van der Waals surface area contributed by atoms with Crippen LogP contribution < -0.4 is 10.9 Å². The molecule has 0 heterocycles. The van der Waals surface area contributed by atoms with E-state index < -0.39 is 0 Å². The van der Waals surface area contributed by atoms with Gasteiger partial charge in [0.05, 0.1) is 0 Å². The van der Waals surface area contributed by atoms with Gasteiger partial charge in [-0.1, -0.05) is 30.4 Å². The van der Waals surface area contributed by atoms with Crippen LogP contribution >= 0.6 is 0 Å². The third-order valence-electron chi connectivity index (χ3n) is 1.89. The van der Waals surface area contributed by atoms with Crippen LogP contribution in [0, 0.1) is 0 Å². The summed E-state index contributed by atoms with van der Waals surface area (Å²) < 4.78 is 0. The number of rotatable bonds is 3. The first-order chi connectivity index (χ1) is 5.84. The molecular formula is C10H16N2. The van der Waals surface area contributed by atoms with Crippen molar-refractivity contribution in [3.63, 3.8) is 0 Å². The number of hydrogen-bond acceptors (Lipinski definition) is 2. The van der Waals surface area contributed by atoms with Crippen molar-refractivity contribution in [2.24, 2.45) is 0 Å². The molecule has 2 N–H and O–H groups in total. The summed E-state index contributed by atoms with van der Waals surface area (Å²) in [6, 6.07) is 0.367. The van der Waals surface area contributed by atoms with E-state index in [1.54, 1.807) is 0 Å². The second kappa shape index (κ2) is 4.91. The maximum Gasteiger partial charge on any atom is 0.0431 e. The van der Waals surface area contributed by atoms with Gasteiger partial charge in [0, 0.05) is 6.04 Å². The molecule has 0 saturated carbocycles. The average Bonchev–Trinajstić information content (AvgIpc) is 2.32. The lowest BCUT2D eigenvalue weighted by molar-refractivity contribution is 0.540. The second-order valence-electron chi connectivity index (χ2n) is 2.84. The van der Waals surface area contributed by atoms with E-state index in [1.807, 2.05) is 7.05 Å². The topological polar surface area (TPSA) is 24.1 Å². The molecule has 1 atom stereocenters. The summed E-state index contributed by atoms with van der Waals surface area (Å²) in [5.41, 5.74) is 7.41. The fraction of sp³-hybridized carbons (Fsp3) is 0.400. The lowest BCUT2D eigenvalue weighted by atomic mass is 10.1. The van der Waals surface area contributed by atoms with E-state index in [-0.39, 0.29) is 0 Å². The highest BCUT2D eigenvalue weighted by atomic mass is 15.3. The normalized spacial score (nSPS) is 18.7. The highest BCUT2D eigenvalue weighted by Crippen LogP contribution is 2.08. The average molecular weight is 164 g/mol. The van der Waals surface area contributed by atoms with Crippen molar-refractivity contribution in [1.29, 1.82) is 0 Å². The lowest BCUT2D eigenvalue weighted by Crippen LogP contribution is -2.37. The Bertz CT molecular complexity index is 214. The molecule has 2 heteroatoms. The largest absolute Gasteiger partial charge is 0.260 e. The third kappa shape index (κ3) is 2.64. The second-order valence-corrected chi connectivity index (χ2v) is 2.84. The zero-order chi connectivity index (χ0) is 8.81. The fourth-order valence-electron chi connectivity index (χ4n) is 1.22. The van der Waals surface area contributed by atoms with E-state index in [2.05, 4.69) is 48.2 Å². The molecule has 0 spiro atoms. The molecule has 1 unspecified atom stereocenters. The van der Waals surface area contributed by atoms with Crippen molar-refractivity contribution in [1.82, 2.24) is 10.9 Å². The van der Waals surface area contributed by atoms with Crippen LogP contribution in [0.1, 0.15) is 13.3 Å². The lowest BCUT2D eigenvalue weighted by Gasteiger charge is -2.13. The van der Waals surface area contributed by atoms with Gasteiger partial charge in [0.2, 0.25) is 0 Å². The van der Waals surface area contributed by atoms with Crippen LogP contribution in [0.5, 0.6) is 0 Å². The van der Waals surface area contributed by atoms with Crippen LogP contribution in [0.2, 0.25) is 0 Å². The zero-order valence-corrected chi connectivity index (χ0v) is 7.67. The van der Waals surface area contributed by atoms with Crippen LogP contribution in [-0.4, -0.2) is 13.1 Å². The van der Waals surface area contributed by atoms with Crippen molar-refractivity contribution in [2.45, 2.75) is 19.4 Å². The van der Waals surface area contributed by atoms with E-state index >= 15 is 0 Å². The Morgan fingerprint density at radius 2 is 2.25 bits per heavy atom. The molecular weight excluding hydrogens is 148 g/mol. The van der Waals surface area contributed by atoms with Crippen molar-refractivity contribution in [3.05, 3.63) is 36.0 Å². The van der Waals surface area contributed by atoms with E-state index in [9.17, 15) is 0 Å². The van der Waals surface area contributed by atoms with E-state index in [1.165, 1.54) is 5.57 Å². The first-order valence-corrected chi connectivity index (χ1v) is 4.30. The summed E-state index contributed by atoms with van der Waals surface area (Å²) in [5, 5.41) is 0. The molecule has 0 aromatic carbocycles. The van der Waals surface area contributed by atoms with Crippen LogP contribution in [0.3, 0.4) is 0 Å². The maximum atomic E-state index is 3.15. The number of hydrogen-bond donors (Lipinski definition) is 2. The van der Waals surface area contributed by atoms with Gasteiger partial charge >= 0.3 is 0 Å². The SMILES string of the molecule is CNNC(C)C1=CCC=CC=C1. The van der Waals surface area contributed by atoms with Crippen molar-refractivity contribution in [2.75, 3.05) is 7.05 Å². The molecule has 0 radical (unpaired) electrons. The number of nitrogens with one attached hydrogen (secondary N) is 2. The summed E-state index contributed by atoms with van der Waals surface area (Å²) in [4.78, 5) is 0. The minimum Gasteiger partial charge on any atom is -0.260 e. The molecule has 0 aliphatic heterocycles. The minimum absolute atomic E-state index is 0.367. The molecule has 2 nitrogen and oxygen atoms in total. The Labute approximate surface area is 74.0 Å². The molecule has 0 aromatic heterocycles. The molecule has 1 aliphatic carbocycles. The Morgan fingerprint density at radius 1 is 1.42 bits per heavy atom. The van der Waals surface area contributed by atoms with Crippen LogP contribution in [0.25, 0.3) is 0 Å². The highest BCUT2D eigenvalue weighted by molar-refractivity contribution is 5.29.